The van der Waals surface area contributed by atoms with E-state index in [1.807, 2.05) is 40.7 Å². The minimum Gasteiger partial charge on any atom is -0.336 e. The van der Waals surface area contributed by atoms with Crippen molar-refractivity contribution in [2.75, 3.05) is 0 Å². The molecule has 2 heterocycles. The lowest BCUT2D eigenvalue weighted by molar-refractivity contribution is -0.137. The van der Waals surface area contributed by atoms with Gasteiger partial charge in [-0.25, -0.2) is 0 Å². The molecule has 3 rings (SSSR count). The van der Waals surface area contributed by atoms with Gasteiger partial charge in [0.1, 0.15) is 6.54 Å². The maximum Gasteiger partial charge on any atom is 0.242 e. The zero-order chi connectivity index (χ0) is 16.6. The lowest BCUT2D eigenvalue weighted by Gasteiger charge is -2.39. The number of carbonyl (C=O) groups is 2. The van der Waals surface area contributed by atoms with Gasteiger partial charge in [0.2, 0.25) is 5.91 Å². The highest BCUT2D eigenvalue weighted by molar-refractivity contribution is 6.00. The number of rotatable bonds is 3. The number of hydrogen-bond donors (Lipinski definition) is 0. The van der Waals surface area contributed by atoms with Gasteiger partial charge in [-0.05, 0) is 46.1 Å². The van der Waals surface area contributed by atoms with Crippen molar-refractivity contribution in [1.82, 2.24) is 9.47 Å². The third-order valence-electron chi connectivity index (χ3n) is 5.17. The molecule has 0 unspecified atom stereocenters. The van der Waals surface area contributed by atoms with E-state index in [4.69, 9.17) is 0 Å². The van der Waals surface area contributed by atoms with Gasteiger partial charge in [0.25, 0.3) is 0 Å². The first-order valence-corrected chi connectivity index (χ1v) is 8.38. The van der Waals surface area contributed by atoms with Crippen LogP contribution in [0.3, 0.4) is 0 Å². The minimum absolute atomic E-state index is 0.144. The van der Waals surface area contributed by atoms with Gasteiger partial charge in [-0.2, -0.15) is 0 Å². The fourth-order valence-corrected chi connectivity index (χ4v) is 3.94. The number of benzene rings is 1. The minimum atomic E-state index is 0.144. The molecular weight excluding hydrogens is 288 g/mol. The summed E-state index contributed by atoms with van der Waals surface area (Å²) < 4.78 is 1.98. The second-order valence-corrected chi connectivity index (χ2v) is 6.65. The van der Waals surface area contributed by atoms with Crippen LogP contribution in [-0.2, 0) is 11.3 Å². The molecule has 4 heteroatoms. The van der Waals surface area contributed by atoms with Crippen molar-refractivity contribution in [3.8, 4) is 0 Å². The Kier molecular flexibility index (Phi) is 4.24. The average Bonchev–Trinajstić information content (AvgIpc) is 2.79. The molecule has 1 aromatic heterocycles. The number of para-hydroxylation sites is 1. The monoisotopic (exact) mass is 312 g/mol. The lowest BCUT2D eigenvalue weighted by Crippen LogP contribution is -2.48. The van der Waals surface area contributed by atoms with Crippen LogP contribution in [0.25, 0.3) is 10.9 Å². The van der Waals surface area contributed by atoms with Crippen molar-refractivity contribution in [3.63, 3.8) is 0 Å². The highest BCUT2D eigenvalue weighted by Crippen LogP contribution is 2.27. The predicted octanol–water partition coefficient (Wildman–Crippen LogP) is 3.55. The van der Waals surface area contributed by atoms with E-state index in [1.165, 1.54) is 6.42 Å². The molecule has 1 aliphatic rings. The number of carbonyl (C=O) groups excluding carboxylic acids is 2. The summed E-state index contributed by atoms with van der Waals surface area (Å²) in [6.45, 7) is 6.48. The standard InChI is InChI=1S/C19H24N2O2/c1-13-7-6-8-14(2)21(13)19(23)11-20-15(3)17(12-22)16-9-4-5-10-18(16)20/h4-5,9-10,12-14H,6-8,11H2,1-3H3/t13-,14+. The number of likely N-dealkylation sites (tertiary alicyclic amines) is 1. The smallest absolute Gasteiger partial charge is 0.242 e. The Balaban J connectivity index is 1.97. The molecule has 122 valence electrons. The third-order valence-corrected chi connectivity index (χ3v) is 5.17. The Morgan fingerprint density at radius 2 is 1.87 bits per heavy atom. The molecule has 2 aromatic rings. The SMILES string of the molecule is Cc1c(C=O)c2ccccc2n1CC(=O)N1[C@H](C)CCC[C@@H]1C. The van der Waals surface area contributed by atoms with E-state index in [0.29, 0.717) is 24.2 Å². The van der Waals surface area contributed by atoms with Crippen LogP contribution in [0.4, 0.5) is 0 Å². The van der Waals surface area contributed by atoms with Gasteiger partial charge < -0.3 is 9.47 Å². The molecule has 0 spiro atoms. The molecule has 1 aliphatic heterocycles. The molecule has 0 aliphatic carbocycles. The molecule has 0 bridgehead atoms. The maximum atomic E-state index is 12.9. The van der Waals surface area contributed by atoms with Gasteiger partial charge in [0, 0.05) is 34.2 Å². The van der Waals surface area contributed by atoms with E-state index >= 15 is 0 Å². The quantitative estimate of drug-likeness (QED) is 0.813. The van der Waals surface area contributed by atoms with Crippen LogP contribution in [0.2, 0.25) is 0 Å². The summed E-state index contributed by atoms with van der Waals surface area (Å²) in [5.74, 6) is 0.144. The van der Waals surface area contributed by atoms with Crippen LogP contribution in [0.1, 0.15) is 49.2 Å². The molecular formula is C19H24N2O2. The van der Waals surface area contributed by atoms with Crippen LogP contribution in [0, 0.1) is 6.92 Å². The summed E-state index contributed by atoms with van der Waals surface area (Å²) in [6, 6.07) is 8.38. The normalized spacial score (nSPS) is 21.6. The van der Waals surface area contributed by atoms with E-state index in [-0.39, 0.29) is 5.91 Å². The summed E-state index contributed by atoms with van der Waals surface area (Å²) in [5.41, 5.74) is 2.51. The summed E-state index contributed by atoms with van der Waals surface area (Å²) in [5, 5.41) is 0.924. The Labute approximate surface area is 137 Å². The van der Waals surface area contributed by atoms with Gasteiger partial charge in [-0.1, -0.05) is 18.2 Å². The topological polar surface area (TPSA) is 42.3 Å². The average molecular weight is 312 g/mol. The molecule has 0 N–H and O–H groups in total. The van der Waals surface area contributed by atoms with Crippen LogP contribution in [-0.4, -0.2) is 33.7 Å². The van der Waals surface area contributed by atoms with Gasteiger partial charge in [-0.15, -0.1) is 0 Å². The van der Waals surface area contributed by atoms with Crippen LogP contribution in [0.5, 0.6) is 0 Å². The Morgan fingerprint density at radius 1 is 1.22 bits per heavy atom. The van der Waals surface area contributed by atoms with Crippen molar-refractivity contribution < 1.29 is 9.59 Å². The van der Waals surface area contributed by atoms with Crippen molar-refractivity contribution in [1.29, 1.82) is 0 Å². The van der Waals surface area contributed by atoms with E-state index in [0.717, 1.165) is 35.7 Å². The molecule has 0 radical (unpaired) electrons. The zero-order valence-electron chi connectivity index (χ0n) is 14.1. The highest BCUT2D eigenvalue weighted by Gasteiger charge is 2.29. The number of amides is 1. The first kappa shape index (κ1) is 15.8. The fraction of sp³-hybridized carbons (Fsp3) is 0.474. The second kappa shape index (κ2) is 6.19. The van der Waals surface area contributed by atoms with E-state index in [2.05, 4.69) is 13.8 Å². The van der Waals surface area contributed by atoms with Gasteiger partial charge in [0.05, 0.1) is 0 Å². The van der Waals surface area contributed by atoms with Gasteiger partial charge >= 0.3 is 0 Å². The number of aldehydes is 1. The van der Waals surface area contributed by atoms with Gasteiger partial charge in [0.15, 0.2) is 6.29 Å². The Hall–Kier alpha value is -2.10. The summed E-state index contributed by atoms with van der Waals surface area (Å²) in [6.07, 6.45) is 4.22. The summed E-state index contributed by atoms with van der Waals surface area (Å²) >= 11 is 0. The van der Waals surface area contributed by atoms with E-state index in [1.54, 1.807) is 0 Å². The number of hydrogen-bond acceptors (Lipinski definition) is 2. The molecule has 2 atom stereocenters. The maximum absolute atomic E-state index is 12.9. The first-order chi connectivity index (χ1) is 11.0. The molecule has 1 amide bonds. The fourth-order valence-electron chi connectivity index (χ4n) is 3.94. The molecule has 1 fully saturated rings. The van der Waals surface area contributed by atoms with Crippen molar-refractivity contribution in [3.05, 3.63) is 35.5 Å². The predicted molar refractivity (Wildman–Crippen MR) is 91.7 cm³/mol. The van der Waals surface area contributed by atoms with Crippen LogP contribution < -0.4 is 0 Å². The lowest BCUT2D eigenvalue weighted by atomic mass is 9.97. The van der Waals surface area contributed by atoms with Crippen LogP contribution >= 0.6 is 0 Å². The molecule has 0 saturated carbocycles. The molecule has 23 heavy (non-hydrogen) atoms. The third kappa shape index (κ3) is 2.67. The summed E-state index contributed by atoms with van der Waals surface area (Å²) in [7, 11) is 0. The zero-order valence-corrected chi connectivity index (χ0v) is 14.1. The number of aromatic nitrogens is 1. The molecule has 1 aromatic carbocycles. The first-order valence-electron chi connectivity index (χ1n) is 8.38. The number of nitrogens with zero attached hydrogens (tertiary/aromatic N) is 2. The molecule has 4 nitrogen and oxygen atoms in total. The van der Waals surface area contributed by atoms with Crippen molar-refractivity contribution in [2.45, 2.75) is 58.7 Å². The van der Waals surface area contributed by atoms with Crippen molar-refractivity contribution in [2.24, 2.45) is 0 Å². The highest BCUT2D eigenvalue weighted by atomic mass is 16.2. The summed E-state index contributed by atoms with van der Waals surface area (Å²) in [4.78, 5) is 26.4. The molecule has 1 saturated heterocycles. The van der Waals surface area contributed by atoms with Crippen molar-refractivity contribution >= 4 is 23.1 Å². The van der Waals surface area contributed by atoms with Crippen LogP contribution in [0.15, 0.2) is 24.3 Å². The Bertz CT molecular complexity index is 737. The number of piperidine rings is 1. The number of fused-ring (bicyclic) bond motifs is 1. The largest absolute Gasteiger partial charge is 0.336 e. The van der Waals surface area contributed by atoms with E-state index < -0.39 is 0 Å². The van der Waals surface area contributed by atoms with Gasteiger partial charge in [-0.3, -0.25) is 9.59 Å². The Morgan fingerprint density at radius 3 is 2.52 bits per heavy atom. The van der Waals surface area contributed by atoms with E-state index in [9.17, 15) is 9.59 Å². The second-order valence-electron chi connectivity index (χ2n) is 6.65.